The number of rotatable bonds is 8. The Morgan fingerprint density at radius 1 is 1.16 bits per heavy atom. The first kappa shape index (κ1) is 17.2. The molecule has 0 radical (unpaired) electrons. The summed E-state index contributed by atoms with van der Waals surface area (Å²) in [6.07, 6.45) is 6.77. The summed E-state index contributed by atoms with van der Waals surface area (Å²) in [4.78, 5) is 15.8. The molecule has 0 aliphatic heterocycles. The highest BCUT2D eigenvalue weighted by atomic mass is 15.2. The van der Waals surface area contributed by atoms with Crippen LogP contribution in [0.1, 0.15) is 19.2 Å². The lowest BCUT2D eigenvalue weighted by molar-refractivity contribution is 0.700. The lowest BCUT2D eigenvalue weighted by Gasteiger charge is -2.24. The van der Waals surface area contributed by atoms with Crippen molar-refractivity contribution in [3.8, 4) is 0 Å². The van der Waals surface area contributed by atoms with Crippen molar-refractivity contribution < 1.29 is 0 Å². The molecule has 3 aromatic rings. The van der Waals surface area contributed by atoms with Gasteiger partial charge in [-0.15, -0.1) is 0 Å². The third-order valence-corrected chi connectivity index (χ3v) is 3.94. The molecule has 0 amide bonds. The summed E-state index contributed by atoms with van der Waals surface area (Å²) < 4.78 is 1.97. The number of nitrogens with one attached hydrogen (secondary N) is 2. The topological polar surface area (TPSA) is 70.4 Å². The predicted octanol–water partition coefficient (Wildman–Crippen LogP) is 2.61. The minimum atomic E-state index is 0.757. The predicted molar refractivity (Wildman–Crippen MR) is 102 cm³/mol. The first-order chi connectivity index (χ1) is 12.2. The number of hydrogen-bond donors (Lipinski definition) is 2. The molecule has 0 bridgehead atoms. The van der Waals surface area contributed by atoms with Crippen molar-refractivity contribution in [2.24, 2.45) is 0 Å². The van der Waals surface area contributed by atoms with Crippen LogP contribution in [-0.2, 0) is 0 Å². The van der Waals surface area contributed by atoms with Crippen molar-refractivity contribution in [1.29, 1.82) is 0 Å². The highest BCUT2D eigenvalue weighted by Gasteiger charge is 2.10. The van der Waals surface area contributed by atoms with Gasteiger partial charge in [-0.3, -0.25) is 0 Å². The number of anilines is 3. The van der Waals surface area contributed by atoms with Crippen LogP contribution in [0.2, 0.25) is 0 Å². The van der Waals surface area contributed by atoms with Gasteiger partial charge >= 0.3 is 0 Å². The summed E-state index contributed by atoms with van der Waals surface area (Å²) >= 11 is 0. The Balaban J connectivity index is 1.84. The number of aromatic nitrogens is 4. The Labute approximate surface area is 148 Å². The largest absolute Gasteiger partial charge is 0.355 e. The third kappa shape index (κ3) is 4.24. The quantitative estimate of drug-likeness (QED) is 0.657. The molecule has 2 N–H and O–H groups in total. The number of imidazole rings is 1. The van der Waals surface area contributed by atoms with Gasteiger partial charge in [0.2, 0.25) is 0 Å². The highest BCUT2D eigenvalue weighted by molar-refractivity contribution is 5.63. The highest BCUT2D eigenvalue weighted by Crippen LogP contribution is 2.20. The van der Waals surface area contributed by atoms with Crippen LogP contribution in [0.15, 0.2) is 36.8 Å². The van der Waals surface area contributed by atoms with E-state index in [0.29, 0.717) is 0 Å². The van der Waals surface area contributed by atoms with Gasteiger partial charge in [-0.05, 0) is 26.5 Å². The molecule has 0 aliphatic carbocycles. The summed E-state index contributed by atoms with van der Waals surface area (Å²) in [5.41, 5.74) is 1.86. The fourth-order valence-electron chi connectivity index (χ4n) is 2.77. The Morgan fingerprint density at radius 3 is 2.84 bits per heavy atom. The number of likely N-dealkylation sites (N-methyl/N-ethyl adjacent to an activating group) is 1. The second kappa shape index (κ2) is 7.94. The van der Waals surface area contributed by atoms with Gasteiger partial charge in [0, 0.05) is 56.0 Å². The summed E-state index contributed by atoms with van der Waals surface area (Å²) in [7, 11) is 1.97. The molecule has 0 saturated heterocycles. The fourth-order valence-corrected chi connectivity index (χ4v) is 2.77. The molecule has 0 aliphatic rings. The molecular formula is C18H25N7. The molecule has 7 heteroatoms. The standard InChI is InChI=1S/C18H25N7/c1-4-8-24(10-6-19-3)18-13-16(21-14(2)22-18)23-15-5-9-25-11-7-20-17(25)12-15/h5,7,9,11-13,19H,4,6,8,10H2,1-3H3,(H,21,22,23). The number of pyridine rings is 1. The molecule has 132 valence electrons. The van der Waals surface area contributed by atoms with E-state index in [2.05, 4.69) is 37.4 Å². The van der Waals surface area contributed by atoms with Gasteiger partial charge in [0.1, 0.15) is 23.1 Å². The molecule has 0 fully saturated rings. The van der Waals surface area contributed by atoms with E-state index in [1.165, 1.54) is 0 Å². The average molecular weight is 339 g/mol. The number of nitrogens with zero attached hydrogens (tertiary/aromatic N) is 5. The minimum Gasteiger partial charge on any atom is -0.355 e. The maximum Gasteiger partial charge on any atom is 0.138 e. The van der Waals surface area contributed by atoms with Gasteiger partial charge in [-0.1, -0.05) is 6.92 Å². The van der Waals surface area contributed by atoms with E-state index in [0.717, 1.165) is 54.8 Å². The number of fused-ring (bicyclic) bond motifs is 1. The van der Waals surface area contributed by atoms with Crippen LogP contribution in [0, 0.1) is 6.92 Å². The zero-order chi connectivity index (χ0) is 17.6. The molecule has 0 aromatic carbocycles. The molecule has 0 unspecified atom stereocenters. The van der Waals surface area contributed by atoms with Crippen molar-refractivity contribution in [3.63, 3.8) is 0 Å². The third-order valence-electron chi connectivity index (χ3n) is 3.94. The first-order valence-corrected chi connectivity index (χ1v) is 8.64. The second-order valence-electron chi connectivity index (χ2n) is 5.98. The summed E-state index contributed by atoms with van der Waals surface area (Å²) in [6, 6.07) is 6.02. The lowest BCUT2D eigenvalue weighted by atomic mass is 10.3. The molecule has 3 rings (SSSR count). The van der Waals surface area contributed by atoms with Crippen LogP contribution in [0.3, 0.4) is 0 Å². The van der Waals surface area contributed by atoms with E-state index < -0.39 is 0 Å². The Morgan fingerprint density at radius 2 is 2.04 bits per heavy atom. The van der Waals surface area contributed by atoms with Crippen molar-refractivity contribution in [1.82, 2.24) is 24.7 Å². The smallest absolute Gasteiger partial charge is 0.138 e. The first-order valence-electron chi connectivity index (χ1n) is 8.64. The van der Waals surface area contributed by atoms with Crippen molar-refractivity contribution in [2.75, 3.05) is 36.9 Å². The van der Waals surface area contributed by atoms with Crippen molar-refractivity contribution in [3.05, 3.63) is 42.6 Å². The molecule has 3 aromatic heterocycles. The van der Waals surface area contributed by atoms with E-state index >= 15 is 0 Å². The minimum absolute atomic E-state index is 0.757. The Kier molecular flexibility index (Phi) is 5.45. The van der Waals surface area contributed by atoms with E-state index in [4.69, 9.17) is 0 Å². The van der Waals surface area contributed by atoms with Gasteiger partial charge in [0.05, 0.1) is 0 Å². The maximum absolute atomic E-state index is 4.62. The number of aryl methyl sites for hydroxylation is 1. The molecule has 0 saturated carbocycles. The molecule has 25 heavy (non-hydrogen) atoms. The van der Waals surface area contributed by atoms with Crippen LogP contribution >= 0.6 is 0 Å². The lowest BCUT2D eigenvalue weighted by Crippen LogP contribution is -2.32. The van der Waals surface area contributed by atoms with Gasteiger partial charge in [-0.25, -0.2) is 15.0 Å². The Hall–Kier alpha value is -2.67. The van der Waals surface area contributed by atoms with Crippen LogP contribution < -0.4 is 15.5 Å². The van der Waals surface area contributed by atoms with E-state index in [-0.39, 0.29) is 0 Å². The maximum atomic E-state index is 4.62. The monoisotopic (exact) mass is 339 g/mol. The van der Waals surface area contributed by atoms with Gasteiger partial charge in [-0.2, -0.15) is 0 Å². The Bertz CT molecular complexity index is 827. The average Bonchev–Trinajstić information content (AvgIpc) is 3.06. The van der Waals surface area contributed by atoms with E-state index in [1.807, 2.05) is 49.0 Å². The second-order valence-corrected chi connectivity index (χ2v) is 5.98. The fraction of sp³-hybridized carbons (Fsp3) is 0.389. The molecule has 7 nitrogen and oxygen atoms in total. The van der Waals surface area contributed by atoms with Crippen molar-refractivity contribution >= 4 is 23.0 Å². The SMILES string of the molecule is CCCN(CCNC)c1cc(Nc2ccn3ccnc3c2)nc(C)n1. The summed E-state index contributed by atoms with van der Waals surface area (Å²) in [5.74, 6) is 2.51. The number of hydrogen-bond acceptors (Lipinski definition) is 6. The van der Waals surface area contributed by atoms with Crippen LogP contribution in [0.4, 0.5) is 17.3 Å². The summed E-state index contributed by atoms with van der Waals surface area (Å²) in [5, 5.41) is 6.57. The molecule has 0 spiro atoms. The van der Waals surface area contributed by atoms with Crippen LogP contribution in [0.25, 0.3) is 5.65 Å². The van der Waals surface area contributed by atoms with E-state index in [9.17, 15) is 0 Å². The van der Waals surface area contributed by atoms with Crippen LogP contribution in [0.5, 0.6) is 0 Å². The van der Waals surface area contributed by atoms with Crippen LogP contribution in [-0.4, -0.2) is 46.0 Å². The normalized spacial score (nSPS) is 11.0. The summed E-state index contributed by atoms with van der Waals surface area (Å²) in [6.45, 7) is 6.91. The molecular weight excluding hydrogens is 314 g/mol. The zero-order valence-corrected chi connectivity index (χ0v) is 15.0. The van der Waals surface area contributed by atoms with Crippen molar-refractivity contribution in [2.45, 2.75) is 20.3 Å². The van der Waals surface area contributed by atoms with Gasteiger partial charge in [0.15, 0.2) is 0 Å². The molecule has 0 atom stereocenters. The molecule has 3 heterocycles. The van der Waals surface area contributed by atoms with Gasteiger partial charge < -0.3 is 19.9 Å². The van der Waals surface area contributed by atoms with Gasteiger partial charge in [0.25, 0.3) is 0 Å². The van der Waals surface area contributed by atoms with E-state index in [1.54, 1.807) is 6.20 Å². The zero-order valence-electron chi connectivity index (χ0n) is 15.0.